The first-order chi connectivity index (χ1) is 7.48. The smallest absolute Gasteiger partial charge is 0.0914 e. The van der Waals surface area contributed by atoms with Gasteiger partial charge in [-0.1, -0.05) is 39.0 Å². The van der Waals surface area contributed by atoms with Gasteiger partial charge in [-0.05, 0) is 19.1 Å². The molecule has 84 valence electrons. The highest BCUT2D eigenvalue weighted by Crippen LogP contribution is 2.22. The van der Waals surface area contributed by atoms with E-state index in [0.29, 0.717) is 0 Å². The fourth-order valence-electron chi connectivity index (χ4n) is 1.75. The molecule has 0 aliphatic heterocycles. The van der Waals surface area contributed by atoms with E-state index in [9.17, 15) is 0 Å². The molecule has 16 heavy (non-hydrogen) atoms. The Labute approximate surface area is 96.1 Å². The molecule has 1 aromatic carbocycles. The second-order valence-corrected chi connectivity index (χ2v) is 5.01. The van der Waals surface area contributed by atoms with E-state index in [0.717, 1.165) is 17.1 Å². The number of para-hydroxylation sites is 1. The number of benzene rings is 1. The molecule has 0 aliphatic carbocycles. The van der Waals surface area contributed by atoms with Gasteiger partial charge in [0.25, 0.3) is 0 Å². The van der Waals surface area contributed by atoms with Crippen molar-refractivity contribution in [1.82, 2.24) is 15.0 Å². The Balaban J connectivity index is 2.47. The first-order valence-electron chi connectivity index (χ1n) is 5.48. The van der Waals surface area contributed by atoms with Gasteiger partial charge in [-0.3, -0.25) is 0 Å². The highest BCUT2D eigenvalue weighted by molar-refractivity contribution is 5.30. The topological polar surface area (TPSA) is 30.7 Å². The van der Waals surface area contributed by atoms with Gasteiger partial charge in [0.05, 0.1) is 17.1 Å². The second kappa shape index (κ2) is 3.74. The van der Waals surface area contributed by atoms with Gasteiger partial charge in [0.1, 0.15) is 0 Å². The third-order valence-electron chi connectivity index (χ3n) is 2.48. The third-order valence-corrected chi connectivity index (χ3v) is 2.48. The Hall–Kier alpha value is -1.64. The van der Waals surface area contributed by atoms with E-state index in [-0.39, 0.29) is 5.41 Å². The fourth-order valence-corrected chi connectivity index (χ4v) is 1.75. The summed E-state index contributed by atoms with van der Waals surface area (Å²) >= 11 is 0. The molecule has 0 saturated heterocycles. The van der Waals surface area contributed by atoms with E-state index in [1.807, 2.05) is 37.3 Å². The maximum absolute atomic E-state index is 4.56. The van der Waals surface area contributed by atoms with Crippen LogP contribution in [0.5, 0.6) is 0 Å². The van der Waals surface area contributed by atoms with Crippen LogP contribution >= 0.6 is 0 Å². The largest absolute Gasteiger partial charge is 0.153 e. The Kier molecular flexibility index (Phi) is 2.54. The molecule has 0 unspecified atom stereocenters. The molecule has 1 heterocycles. The van der Waals surface area contributed by atoms with Gasteiger partial charge < -0.3 is 0 Å². The third kappa shape index (κ3) is 1.98. The lowest BCUT2D eigenvalue weighted by atomic mass is 9.91. The maximum Gasteiger partial charge on any atom is 0.0914 e. The summed E-state index contributed by atoms with van der Waals surface area (Å²) in [5, 5.41) is 9.01. The lowest BCUT2D eigenvalue weighted by Gasteiger charge is -2.14. The van der Waals surface area contributed by atoms with Crippen LogP contribution in [0, 0.1) is 6.92 Å². The average Bonchev–Trinajstić information content (AvgIpc) is 2.61. The Morgan fingerprint density at radius 1 is 1.00 bits per heavy atom. The van der Waals surface area contributed by atoms with E-state index >= 15 is 0 Å². The van der Waals surface area contributed by atoms with Crippen molar-refractivity contribution >= 4 is 0 Å². The van der Waals surface area contributed by atoms with Crippen molar-refractivity contribution in [2.24, 2.45) is 0 Å². The lowest BCUT2D eigenvalue weighted by molar-refractivity contribution is 0.556. The highest BCUT2D eigenvalue weighted by atomic mass is 15.5. The van der Waals surface area contributed by atoms with Crippen molar-refractivity contribution in [2.75, 3.05) is 0 Å². The van der Waals surface area contributed by atoms with E-state index in [1.165, 1.54) is 0 Å². The summed E-state index contributed by atoms with van der Waals surface area (Å²) in [6, 6.07) is 9.98. The summed E-state index contributed by atoms with van der Waals surface area (Å²) in [6.07, 6.45) is 0. The average molecular weight is 215 g/mol. The van der Waals surface area contributed by atoms with Crippen LogP contribution in [-0.4, -0.2) is 15.0 Å². The van der Waals surface area contributed by atoms with Crippen LogP contribution in [-0.2, 0) is 5.41 Å². The molecule has 0 bridgehead atoms. The zero-order valence-electron chi connectivity index (χ0n) is 10.2. The number of rotatable bonds is 1. The molecule has 0 saturated carbocycles. The summed E-state index contributed by atoms with van der Waals surface area (Å²) in [7, 11) is 0. The van der Waals surface area contributed by atoms with E-state index < -0.39 is 0 Å². The van der Waals surface area contributed by atoms with Gasteiger partial charge in [0, 0.05) is 5.41 Å². The van der Waals surface area contributed by atoms with Crippen molar-refractivity contribution < 1.29 is 0 Å². The first kappa shape index (κ1) is 10.9. The fraction of sp³-hybridized carbons (Fsp3) is 0.385. The molecule has 2 rings (SSSR count). The monoisotopic (exact) mass is 215 g/mol. The molecule has 1 aromatic heterocycles. The van der Waals surface area contributed by atoms with Crippen LogP contribution in [0.4, 0.5) is 0 Å². The van der Waals surface area contributed by atoms with Crippen LogP contribution < -0.4 is 0 Å². The van der Waals surface area contributed by atoms with Gasteiger partial charge >= 0.3 is 0 Å². The predicted octanol–water partition coefficient (Wildman–Crippen LogP) is 2.87. The Morgan fingerprint density at radius 3 is 2.12 bits per heavy atom. The molecule has 3 heteroatoms. The van der Waals surface area contributed by atoms with E-state index in [1.54, 1.807) is 4.80 Å². The molecular formula is C13H17N3. The number of aryl methyl sites for hydroxylation is 1. The van der Waals surface area contributed by atoms with Crippen molar-refractivity contribution in [1.29, 1.82) is 0 Å². The number of hydrogen-bond donors (Lipinski definition) is 0. The highest BCUT2D eigenvalue weighted by Gasteiger charge is 2.21. The molecular weight excluding hydrogens is 198 g/mol. The Bertz CT molecular complexity index is 478. The standard InChI is InChI=1S/C13H17N3/c1-10-12(13(2,3)4)15-16(14-10)11-8-6-5-7-9-11/h5-9H,1-4H3. The van der Waals surface area contributed by atoms with Crippen molar-refractivity contribution in [3.8, 4) is 5.69 Å². The quantitative estimate of drug-likeness (QED) is 0.732. The Morgan fingerprint density at radius 2 is 1.62 bits per heavy atom. The molecule has 0 aliphatic rings. The summed E-state index contributed by atoms with van der Waals surface area (Å²) in [4.78, 5) is 1.70. The molecule has 0 N–H and O–H groups in total. The normalized spacial score (nSPS) is 11.8. The number of hydrogen-bond acceptors (Lipinski definition) is 2. The van der Waals surface area contributed by atoms with Crippen molar-refractivity contribution in [3.05, 3.63) is 41.7 Å². The summed E-state index contributed by atoms with van der Waals surface area (Å²) in [6.45, 7) is 8.46. The molecule has 0 radical (unpaired) electrons. The van der Waals surface area contributed by atoms with Crippen molar-refractivity contribution in [2.45, 2.75) is 33.1 Å². The molecule has 3 nitrogen and oxygen atoms in total. The van der Waals surface area contributed by atoms with Crippen LogP contribution in [0.2, 0.25) is 0 Å². The number of aromatic nitrogens is 3. The van der Waals surface area contributed by atoms with Crippen LogP contribution in [0.25, 0.3) is 5.69 Å². The molecule has 0 amide bonds. The minimum Gasteiger partial charge on any atom is -0.153 e. The van der Waals surface area contributed by atoms with Crippen LogP contribution in [0.15, 0.2) is 30.3 Å². The first-order valence-corrected chi connectivity index (χ1v) is 5.48. The van der Waals surface area contributed by atoms with Gasteiger partial charge in [-0.2, -0.15) is 15.0 Å². The van der Waals surface area contributed by atoms with Gasteiger partial charge in [-0.25, -0.2) is 0 Å². The molecule has 0 atom stereocenters. The minimum atomic E-state index is 0.0388. The van der Waals surface area contributed by atoms with Gasteiger partial charge in [0.2, 0.25) is 0 Å². The van der Waals surface area contributed by atoms with Crippen molar-refractivity contribution in [3.63, 3.8) is 0 Å². The molecule has 0 fully saturated rings. The zero-order valence-corrected chi connectivity index (χ0v) is 10.2. The van der Waals surface area contributed by atoms with Crippen LogP contribution in [0.3, 0.4) is 0 Å². The van der Waals surface area contributed by atoms with Gasteiger partial charge in [-0.15, -0.1) is 0 Å². The van der Waals surface area contributed by atoms with Crippen LogP contribution in [0.1, 0.15) is 32.2 Å². The second-order valence-electron chi connectivity index (χ2n) is 5.01. The maximum atomic E-state index is 4.56. The SMILES string of the molecule is Cc1nn(-c2ccccc2)nc1C(C)(C)C. The predicted molar refractivity (Wildman–Crippen MR) is 64.8 cm³/mol. The number of nitrogens with zero attached hydrogens (tertiary/aromatic N) is 3. The lowest BCUT2D eigenvalue weighted by Crippen LogP contribution is -2.14. The van der Waals surface area contributed by atoms with Gasteiger partial charge in [0.15, 0.2) is 0 Å². The van der Waals surface area contributed by atoms with E-state index in [2.05, 4.69) is 31.0 Å². The summed E-state index contributed by atoms with van der Waals surface area (Å²) in [5.41, 5.74) is 3.09. The van der Waals surface area contributed by atoms with E-state index in [4.69, 9.17) is 0 Å². The molecule has 0 spiro atoms. The zero-order chi connectivity index (χ0) is 11.8. The summed E-state index contributed by atoms with van der Waals surface area (Å²) < 4.78 is 0. The summed E-state index contributed by atoms with van der Waals surface area (Å²) in [5.74, 6) is 0. The molecule has 2 aromatic rings. The minimum absolute atomic E-state index is 0.0388.